The molecule has 3 heterocycles. The molecule has 0 spiro atoms. The first-order valence-corrected chi connectivity index (χ1v) is 14.1. The van der Waals surface area contributed by atoms with Crippen LogP contribution in [0.25, 0.3) is 0 Å². The molecule has 12 heteroatoms. The number of carbonyl (C=O) groups excluding carboxylic acids is 3. The van der Waals surface area contributed by atoms with E-state index in [1.807, 2.05) is 18.3 Å². The smallest absolute Gasteiger partial charge is 0.338 e. The van der Waals surface area contributed by atoms with Gasteiger partial charge in [0.2, 0.25) is 0 Å². The summed E-state index contributed by atoms with van der Waals surface area (Å²) in [5.74, 6) is -2.68. The summed E-state index contributed by atoms with van der Waals surface area (Å²) in [5.41, 5.74) is 1.12. The number of halogens is 2. The van der Waals surface area contributed by atoms with Crippen LogP contribution in [0.15, 0.2) is 53.9 Å². The van der Waals surface area contributed by atoms with Crippen molar-refractivity contribution in [3.05, 3.63) is 76.8 Å². The Bertz CT molecular complexity index is 1350. The van der Waals surface area contributed by atoms with Gasteiger partial charge < -0.3 is 20.1 Å². The van der Waals surface area contributed by atoms with E-state index in [-0.39, 0.29) is 29.5 Å². The van der Waals surface area contributed by atoms with Crippen molar-refractivity contribution >= 4 is 18.0 Å². The van der Waals surface area contributed by atoms with Gasteiger partial charge in [-0.1, -0.05) is 12.1 Å². The first-order valence-electron chi connectivity index (χ1n) is 14.1. The van der Waals surface area contributed by atoms with E-state index < -0.39 is 35.7 Å². The van der Waals surface area contributed by atoms with Gasteiger partial charge in [-0.15, -0.1) is 0 Å². The number of urea groups is 2. The van der Waals surface area contributed by atoms with E-state index in [4.69, 9.17) is 9.47 Å². The number of imide groups is 1. The van der Waals surface area contributed by atoms with Crippen LogP contribution in [0.4, 0.5) is 18.4 Å². The Morgan fingerprint density at radius 1 is 1.07 bits per heavy atom. The summed E-state index contributed by atoms with van der Waals surface area (Å²) in [6.45, 7) is 1.24. The Balaban J connectivity index is 1.31. The fraction of sp³-hybridized carbons (Fsp3) is 0.467. The maximum absolute atomic E-state index is 14.3. The lowest BCUT2D eigenvalue weighted by Gasteiger charge is -2.37. The minimum absolute atomic E-state index is 0.0330. The van der Waals surface area contributed by atoms with Crippen LogP contribution < -0.4 is 10.6 Å². The largest absolute Gasteiger partial charge is 0.466 e. The number of amides is 4. The number of likely N-dealkylation sites (tertiary alicyclic amines) is 1. The Hall–Kier alpha value is -3.90. The molecule has 1 aliphatic carbocycles. The number of carbonyl (C=O) groups is 3. The van der Waals surface area contributed by atoms with Crippen LogP contribution in [0.3, 0.4) is 0 Å². The van der Waals surface area contributed by atoms with E-state index in [9.17, 15) is 23.2 Å². The second kappa shape index (κ2) is 13.0. The lowest BCUT2D eigenvalue weighted by atomic mass is 9.83. The molecule has 10 nitrogen and oxygen atoms in total. The molecule has 0 bridgehead atoms. The number of hydrogen-bond donors (Lipinski definition) is 2. The summed E-state index contributed by atoms with van der Waals surface area (Å²) < 4.78 is 38.2. The fourth-order valence-corrected chi connectivity index (χ4v) is 6.31. The molecular weight excluding hydrogens is 548 g/mol. The van der Waals surface area contributed by atoms with Crippen molar-refractivity contribution < 1.29 is 32.6 Å². The molecule has 5 rings (SSSR count). The van der Waals surface area contributed by atoms with Crippen molar-refractivity contribution in [1.29, 1.82) is 0 Å². The zero-order chi connectivity index (χ0) is 29.8. The summed E-state index contributed by atoms with van der Waals surface area (Å²) in [6.07, 6.45) is 6.68. The Morgan fingerprint density at radius 3 is 2.52 bits per heavy atom. The zero-order valence-electron chi connectivity index (χ0n) is 23.6. The Morgan fingerprint density at radius 2 is 1.86 bits per heavy atom. The third-order valence-electron chi connectivity index (χ3n) is 8.37. The van der Waals surface area contributed by atoms with Gasteiger partial charge in [0.05, 0.1) is 25.0 Å². The van der Waals surface area contributed by atoms with E-state index >= 15 is 0 Å². The van der Waals surface area contributed by atoms with Crippen molar-refractivity contribution in [3.63, 3.8) is 0 Å². The summed E-state index contributed by atoms with van der Waals surface area (Å²) >= 11 is 0. The average Bonchev–Trinajstić information content (AvgIpc) is 3.47. The predicted molar refractivity (Wildman–Crippen MR) is 148 cm³/mol. The van der Waals surface area contributed by atoms with Crippen LogP contribution in [0.2, 0.25) is 0 Å². The van der Waals surface area contributed by atoms with Crippen molar-refractivity contribution in [2.75, 3.05) is 33.9 Å². The highest BCUT2D eigenvalue weighted by Gasteiger charge is 2.44. The number of nitrogens with one attached hydrogen (secondary N) is 2. The van der Waals surface area contributed by atoms with Gasteiger partial charge in [-0.25, -0.2) is 28.1 Å². The van der Waals surface area contributed by atoms with Gasteiger partial charge in [-0.05, 0) is 61.9 Å². The highest BCUT2D eigenvalue weighted by atomic mass is 19.2. The van der Waals surface area contributed by atoms with Crippen molar-refractivity contribution in [3.8, 4) is 0 Å². The highest BCUT2D eigenvalue weighted by Crippen LogP contribution is 2.37. The normalized spacial score (nSPS) is 24.9. The minimum Gasteiger partial charge on any atom is -0.466 e. The number of aromatic nitrogens is 1. The molecule has 3 aliphatic rings. The van der Waals surface area contributed by atoms with Gasteiger partial charge in [0.1, 0.15) is 6.04 Å². The SMILES string of the molecule is COCC1=C(C(=O)OC)[C@H](c2ccc(F)c(F)c2)N(C(=O)N[C@@H]2CCN([C@H]3CC[C@@H](c4ccccn4)CC3)C2)C(=O)N1. The number of methoxy groups -OCH3 is 2. The van der Waals surface area contributed by atoms with E-state index in [0.717, 1.165) is 62.1 Å². The first-order chi connectivity index (χ1) is 20.3. The summed E-state index contributed by atoms with van der Waals surface area (Å²) in [6, 6.07) is 6.20. The Labute approximate surface area is 243 Å². The van der Waals surface area contributed by atoms with Gasteiger partial charge >= 0.3 is 18.0 Å². The van der Waals surface area contributed by atoms with Crippen LogP contribution >= 0.6 is 0 Å². The second-order valence-corrected chi connectivity index (χ2v) is 10.9. The van der Waals surface area contributed by atoms with Crippen LogP contribution in [0.1, 0.15) is 55.3 Å². The number of esters is 1. The molecule has 1 saturated heterocycles. The van der Waals surface area contributed by atoms with E-state index in [2.05, 4.69) is 26.6 Å². The number of ether oxygens (including phenoxy) is 2. The molecule has 224 valence electrons. The van der Waals surface area contributed by atoms with E-state index in [1.165, 1.54) is 13.2 Å². The van der Waals surface area contributed by atoms with Crippen LogP contribution in [0, 0.1) is 11.6 Å². The quantitative estimate of drug-likeness (QED) is 0.474. The Kier molecular flexibility index (Phi) is 9.12. The standard InChI is InChI=1S/C30H35F2N5O5/c1-41-17-25-26(28(38)42-2)27(19-8-11-22(31)23(32)15-19)37(30(40)35-25)29(39)34-20-12-14-36(16-20)21-9-6-18(7-10-21)24-5-3-4-13-33-24/h3-5,8,11,13,15,18,20-21,27H,6-7,9-10,12,14,16-17H2,1-2H3,(H,34,39)(H,35,40)/t18-,20-,21+,27+/m1/s1. The van der Waals surface area contributed by atoms with Gasteiger partial charge in [0.25, 0.3) is 0 Å². The maximum atomic E-state index is 14.3. The second-order valence-electron chi connectivity index (χ2n) is 10.9. The number of nitrogens with zero attached hydrogens (tertiary/aromatic N) is 3. The molecule has 2 aliphatic heterocycles. The number of pyridine rings is 1. The fourth-order valence-electron chi connectivity index (χ4n) is 6.31. The number of rotatable bonds is 7. The molecule has 2 aromatic rings. The van der Waals surface area contributed by atoms with Gasteiger partial charge in [-0.2, -0.15) is 0 Å². The molecule has 2 fully saturated rings. The highest BCUT2D eigenvalue weighted by molar-refractivity contribution is 6.01. The minimum atomic E-state index is -1.37. The van der Waals surface area contributed by atoms with E-state index in [0.29, 0.717) is 24.9 Å². The monoisotopic (exact) mass is 583 g/mol. The number of benzene rings is 1. The van der Waals surface area contributed by atoms with Gasteiger partial charge in [0, 0.05) is 50.1 Å². The summed E-state index contributed by atoms with van der Waals surface area (Å²) in [5, 5.41) is 5.47. The molecule has 42 heavy (non-hydrogen) atoms. The van der Waals surface area contributed by atoms with Gasteiger partial charge in [-0.3, -0.25) is 9.88 Å². The first kappa shape index (κ1) is 29.6. The molecule has 2 N–H and O–H groups in total. The molecule has 0 radical (unpaired) electrons. The maximum Gasteiger partial charge on any atom is 0.338 e. The number of hydrogen-bond acceptors (Lipinski definition) is 7. The van der Waals surface area contributed by atoms with E-state index in [1.54, 1.807) is 0 Å². The summed E-state index contributed by atoms with van der Waals surface area (Å²) in [7, 11) is 2.52. The third kappa shape index (κ3) is 6.14. The van der Waals surface area contributed by atoms with Crippen LogP contribution in [0.5, 0.6) is 0 Å². The molecule has 1 aromatic heterocycles. The molecule has 4 amide bonds. The molecule has 1 aromatic carbocycles. The van der Waals surface area contributed by atoms with Gasteiger partial charge in [0.15, 0.2) is 11.6 Å². The average molecular weight is 584 g/mol. The zero-order valence-corrected chi connectivity index (χ0v) is 23.6. The van der Waals surface area contributed by atoms with Crippen LogP contribution in [-0.2, 0) is 14.3 Å². The molecule has 2 atom stereocenters. The van der Waals surface area contributed by atoms with Crippen molar-refractivity contribution in [1.82, 2.24) is 25.4 Å². The third-order valence-corrected chi connectivity index (χ3v) is 8.37. The topological polar surface area (TPSA) is 113 Å². The lowest BCUT2D eigenvalue weighted by Crippen LogP contribution is -2.56. The molecule has 1 saturated carbocycles. The lowest BCUT2D eigenvalue weighted by molar-refractivity contribution is -0.137. The van der Waals surface area contributed by atoms with Crippen molar-refractivity contribution in [2.45, 2.75) is 56.1 Å². The molecule has 0 unspecified atom stereocenters. The molecular formula is C30H35F2N5O5. The predicted octanol–water partition coefficient (Wildman–Crippen LogP) is 4.01. The van der Waals surface area contributed by atoms with Crippen LogP contribution in [-0.4, -0.2) is 78.8 Å². The summed E-state index contributed by atoms with van der Waals surface area (Å²) in [4.78, 5) is 47.6. The van der Waals surface area contributed by atoms with Crippen molar-refractivity contribution in [2.24, 2.45) is 0 Å².